The van der Waals surface area contributed by atoms with E-state index in [-0.39, 0.29) is 0 Å². The van der Waals surface area contributed by atoms with Gasteiger partial charge in [0.25, 0.3) is 0 Å². The minimum Gasteiger partial charge on any atom is -0.346 e. The van der Waals surface area contributed by atoms with Crippen molar-refractivity contribution in [3.63, 3.8) is 0 Å². The maximum Gasteiger partial charge on any atom is 0.110 e. The second-order valence-electron chi connectivity index (χ2n) is 4.45. The van der Waals surface area contributed by atoms with E-state index in [1.807, 2.05) is 7.05 Å². The van der Waals surface area contributed by atoms with Gasteiger partial charge in [0.05, 0.1) is 5.69 Å². The maximum absolute atomic E-state index is 4.70. The average molecular weight is 209 g/mol. The zero-order valence-electron chi connectivity index (χ0n) is 10.5. The Morgan fingerprint density at radius 1 is 1.40 bits per heavy atom. The highest BCUT2D eigenvalue weighted by atomic mass is 15.0. The summed E-state index contributed by atoms with van der Waals surface area (Å²) in [6.07, 6.45) is 1.12. The van der Waals surface area contributed by atoms with Gasteiger partial charge in [-0.1, -0.05) is 20.8 Å². The molecule has 0 saturated carbocycles. The number of nitrogens with zero attached hydrogens (tertiary/aromatic N) is 1. The zero-order chi connectivity index (χ0) is 11.4. The zero-order valence-corrected chi connectivity index (χ0v) is 10.5. The Labute approximate surface area is 92.7 Å². The Morgan fingerprint density at radius 3 is 2.47 bits per heavy atom. The van der Waals surface area contributed by atoms with Gasteiger partial charge in [-0.3, -0.25) is 0 Å². The smallest absolute Gasteiger partial charge is 0.110 e. The second-order valence-corrected chi connectivity index (χ2v) is 4.45. The van der Waals surface area contributed by atoms with E-state index in [9.17, 15) is 0 Å². The van der Waals surface area contributed by atoms with Crippen LogP contribution >= 0.6 is 0 Å². The molecule has 0 fully saturated rings. The van der Waals surface area contributed by atoms with E-state index in [0.717, 1.165) is 18.8 Å². The van der Waals surface area contributed by atoms with Crippen LogP contribution < -0.4 is 5.32 Å². The van der Waals surface area contributed by atoms with Crippen LogP contribution in [0.3, 0.4) is 0 Å². The van der Waals surface area contributed by atoms with Crippen molar-refractivity contribution in [1.82, 2.24) is 15.3 Å². The molecule has 0 aromatic carbocycles. The molecule has 1 atom stereocenters. The van der Waals surface area contributed by atoms with Gasteiger partial charge in [0, 0.05) is 18.2 Å². The fourth-order valence-electron chi connectivity index (χ4n) is 1.93. The van der Waals surface area contributed by atoms with E-state index in [1.54, 1.807) is 0 Å². The van der Waals surface area contributed by atoms with Crippen molar-refractivity contribution in [3.05, 3.63) is 17.2 Å². The van der Waals surface area contributed by atoms with Crippen molar-refractivity contribution in [2.45, 2.75) is 46.0 Å². The molecule has 0 spiro atoms. The van der Waals surface area contributed by atoms with Gasteiger partial charge in [-0.05, 0) is 26.3 Å². The van der Waals surface area contributed by atoms with Crippen molar-refractivity contribution in [2.75, 3.05) is 13.6 Å². The summed E-state index contributed by atoms with van der Waals surface area (Å²) in [5.41, 5.74) is 2.43. The summed E-state index contributed by atoms with van der Waals surface area (Å²) in [6, 6.07) is 0. The topological polar surface area (TPSA) is 40.7 Å². The molecule has 1 rings (SSSR count). The van der Waals surface area contributed by atoms with Crippen molar-refractivity contribution in [3.8, 4) is 0 Å². The van der Waals surface area contributed by atoms with Crippen LogP contribution in [-0.2, 0) is 0 Å². The van der Waals surface area contributed by atoms with Crippen LogP contribution in [0.2, 0.25) is 0 Å². The van der Waals surface area contributed by atoms with Gasteiger partial charge < -0.3 is 10.3 Å². The molecule has 0 aliphatic carbocycles. The molecule has 86 valence electrons. The number of rotatable bonds is 5. The van der Waals surface area contributed by atoms with E-state index in [4.69, 9.17) is 4.98 Å². The predicted octanol–water partition coefficient (Wildman–Crippen LogP) is 2.55. The normalized spacial score (nSPS) is 13.5. The van der Waals surface area contributed by atoms with Crippen LogP contribution in [0.1, 0.15) is 56.2 Å². The molecule has 1 aromatic rings. The van der Waals surface area contributed by atoms with Crippen LogP contribution in [0.25, 0.3) is 0 Å². The molecule has 2 N–H and O–H groups in total. The quantitative estimate of drug-likeness (QED) is 0.782. The van der Waals surface area contributed by atoms with Gasteiger partial charge in [-0.15, -0.1) is 0 Å². The number of imidazole rings is 1. The van der Waals surface area contributed by atoms with Gasteiger partial charge in [0.15, 0.2) is 0 Å². The van der Waals surface area contributed by atoms with Crippen molar-refractivity contribution >= 4 is 0 Å². The molecule has 1 unspecified atom stereocenters. The lowest BCUT2D eigenvalue weighted by Gasteiger charge is -2.10. The van der Waals surface area contributed by atoms with Crippen LogP contribution in [0.4, 0.5) is 0 Å². The Morgan fingerprint density at radius 2 is 2.07 bits per heavy atom. The fraction of sp³-hybridized carbons (Fsp3) is 0.750. The van der Waals surface area contributed by atoms with Crippen molar-refractivity contribution in [2.24, 2.45) is 0 Å². The first kappa shape index (κ1) is 12.2. The van der Waals surface area contributed by atoms with Gasteiger partial charge >= 0.3 is 0 Å². The minimum atomic E-state index is 0.501. The Hall–Kier alpha value is -0.830. The molecule has 1 aromatic heterocycles. The van der Waals surface area contributed by atoms with Gasteiger partial charge in [0.2, 0.25) is 0 Å². The predicted molar refractivity (Wildman–Crippen MR) is 64.4 cm³/mol. The number of hydrogen-bond donors (Lipinski definition) is 2. The van der Waals surface area contributed by atoms with Crippen LogP contribution in [0.15, 0.2) is 0 Å². The number of aromatic amines is 1. The molecule has 0 amide bonds. The first-order chi connectivity index (χ1) is 7.10. The second kappa shape index (κ2) is 5.31. The van der Waals surface area contributed by atoms with Crippen LogP contribution in [0.5, 0.6) is 0 Å². The third-order valence-corrected chi connectivity index (χ3v) is 2.82. The SMILES string of the molecule is CCC(CNC)c1nc(C(C)C)c(C)[nH]1. The largest absolute Gasteiger partial charge is 0.346 e. The maximum atomic E-state index is 4.70. The number of likely N-dealkylation sites (N-methyl/N-ethyl adjacent to an activating group) is 1. The van der Waals surface area contributed by atoms with Crippen LogP contribution in [0, 0.1) is 6.92 Å². The minimum absolute atomic E-state index is 0.501. The van der Waals surface area contributed by atoms with Crippen molar-refractivity contribution in [1.29, 1.82) is 0 Å². The summed E-state index contributed by atoms with van der Waals surface area (Å²) in [4.78, 5) is 8.11. The number of nitrogens with one attached hydrogen (secondary N) is 2. The highest BCUT2D eigenvalue weighted by molar-refractivity contribution is 5.18. The Balaban J connectivity index is 2.89. The summed E-state index contributed by atoms with van der Waals surface area (Å²) >= 11 is 0. The lowest BCUT2D eigenvalue weighted by atomic mass is 10.1. The molecule has 1 heterocycles. The molecule has 0 aliphatic heterocycles. The molecular formula is C12H23N3. The van der Waals surface area contributed by atoms with Gasteiger partial charge in [-0.2, -0.15) is 0 Å². The highest BCUT2D eigenvalue weighted by Gasteiger charge is 2.16. The summed E-state index contributed by atoms with van der Waals surface area (Å²) in [5.74, 6) is 2.14. The Kier molecular flexibility index (Phi) is 4.33. The highest BCUT2D eigenvalue weighted by Crippen LogP contribution is 2.21. The van der Waals surface area contributed by atoms with E-state index in [1.165, 1.54) is 11.4 Å². The summed E-state index contributed by atoms with van der Waals surface area (Å²) in [7, 11) is 1.99. The lowest BCUT2D eigenvalue weighted by Crippen LogP contribution is -2.17. The molecular weight excluding hydrogens is 186 g/mol. The monoisotopic (exact) mass is 209 g/mol. The van der Waals surface area contributed by atoms with Gasteiger partial charge in [0.1, 0.15) is 5.82 Å². The molecule has 0 radical (unpaired) electrons. The summed E-state index contributed by atoms with van der Waals surface area (Å²) in [5, 5.41) is 3.22. The van der Waals surface area contributed by atoms with Crippen molar-refractivity contribution < 1.29 is 0 Å². The van der Waals surface area contributed by atoms with E-state index in [2.05, 4.69) is 38.0 Å². The molecule has 3 heteroatoms. The Bertz CT molecular complexity index is 302. The van der Waals surface area contributed by atoms with Gasteiger partial charge in [-0.25, -0.2) is 4.98 Å². The number of aryl methyl sites for hydroxylation is 1. The molecule has 3 nitrogen and oxygen atoms in total. The third-order valence-electron chi connectivity index (χ3n) is 2.82. The first-order valence-electron chi connectivity index (χ1n) is 5.81. The van der Waals surface area contributed by atoms with E-state index in [0.29, 0.717) is 11.8 Å². The first-order valence-corrected chi connectivity index (χ1v) is 5.81. The molecule has 0 bridgehead atoms. The van der Waals surface area contributed by atoms with E-state index < -0.39 is 0 Å². The number of H-pyrrole nitrogens is 1. The molecule has 0 aliphatic rings. The molecule has 15 heavy (non-hydrogen) atoms. The fourth-order valence-corrected chi connectivity index (χ4v) is 1.93. The molecule has 0 saturated heterocycles. The lowest BCUT2D eigenvalue weighted by molar-refractivity contribution is 0.583. The standard InChI is InChI=1S/C12H23N3/c1-6-10(7-13-5)12-14-9(4)11(15-12)8(2)3/h8,10,13H,6-7H2,1-5H3,(H,14,15). The number of hydrogen-bond acceptors (Lipinski definition) is 2. The summed E-state index contributed by atoms with van der Waals surface area (Å²) < 4.78 is 0. The van der Waals surface area contributed by atoms with E-state index >= 15 is 0 Å². The third kappa shape index (κ3) is 2.81. The number of aromatic nitrogens is 2. The van der Waals surface area contributed by atoms with Crippen LogP contribution in [-0.4, -0.2) is 23.6 Å². The average Bonchev–Trinajstić information content (AvgIpc) is 2.56. The summed E-state index contributed by atoms with van der Waals surface area (Å²) in [6.45, 7) is 9.67.